The van der Waals surface area contributed by atoms with Crippen LogP contribution in [0, 0.1) is 5.41 Å². The molecule has 29 heavy (non-hydrogen) atoms. The molecule has 0 radical (unpaired) electrons. The smallest absolute Gasteiger partial charge is 0.214 e. The number of sulfonamides is 1. The highest BCUT2D eigenvalue weighted by Gasteiger charge is 2.42. The summed E-state index contributed by atoms with van der Waals surface area (Å²) in [6, 6.07) is 10.9. The Morgan fingerprint density at radius 3 is 2.41 bits per heavy atom. The van der Waals surface area contributed by atoms with Crippen LogP contribution in [-0.2, 0) is 16.4 Å². The molecule has 6 nitrogen and oxygen atoms in total. The Morgan fingerprint density at radius 1 is 1.21 bits per heavy atom. The van der Waals surface area contributed by atoms with Gasteiger partial charge in [-0.15, -0.1) is 24.0 Å². The molecule has 0 bridgehead atoms. The van der Waals surface area contributed by atoms with Gasteiger partial charge in [-0.05, 0) is 49.5 Å². The van der Waals surface area contributed by atoms with Gasteiger partial charge in [0, 0.05) is 32.7 Å². The van der Waals surface area contributed by atoms with Crippen LogP contribution in [0.1, 0.15) is 44.6 Å². The van der Waals surface area contributed by atoms with Crippen molar-refractivity contribution in [3.05, 3.63) is 35.9 Å². The maximum absolute atomic E-state index is 12.2. The largest absolute Gasteiger partial charge is 0.356 e. The van der Waals surface area contributed by atoms with E-state index in [0.29, 0.717) is 24.9 Å². The van der Waals surface area contributed by atoms with Gasteiger partial charge in [0.1, 0.15) is 0 Å². The van der Waals surface area contributed by atoms with E-state index in [1.807, 2.05) is 6.92 Å². The zero-order chi connectivity index (χ0) is 20.0. The molecule has 1 saturated heterocycles. The van der Waals surface area contributed by atoms with Crippen molar-refractivity contribution in [3.8, 4) is 0 Å². The van der Waals surface area contributed by atoms with Gasteiger partial charge in [-0.1, -0.05) is 37.3 Å². The number of halogens is 1. The van der Waals surface area contributed by atoms with Crippen LogP contribution in [0.25, 0.3) is 0 Å². The predicted molar refractivity (Wildman–Crippen MR) is 130 cm³/mol. The summed E-state index contributed by atoms with van der Waals surface area (Å²) in [5.41, 5.74) is 1.74. The van der Waals surface area contributed by atoms with Crippen LogP contribution in [0.3, 0.4) is 0 Å². The third-order valence-electron chi connectivity index (χ3n) is 5.88. The molecule has 0 spiro atoms. The van der Waals surface area contributed by atoms with E-state index in [2.05, 4.69) is 46.0 Å². The lowest BCUT2D eigenvalue weighted by molar-refractivity contribution is 0.305. The Kier molecular flexibility index (Phi) is 9.21. The average Bonchev–Trinajstić information content (AvgIpc) is 3.46. The lowest BCUT2D eigenvalue weighted by Crippen LogP contribution is -2.50. The zero-order valence-electron chi connectivity index (χ0n) is 17.6. The first-order chi connectivity index (χ1) is 13.5. The Bertz CT molecular complexity index is 758. The van der Waals surface area contributed by atoms with Crippen LogP contribution in [0.4, 0.5) is 0 Å². The maximum atomic E-state index is 12.2. The number of nitrogens with one attached hydrogen (secondary N) is 2. The summed E-state index contributed by atoms with van der Waals surface area (Å²) in [5.74, 6) is 1.08. The molecule has 1 aliphatic carbocycles. The quantitative estimate of drug-likeness (QED) is 0.306. The number of benzene rings is 1. The Hall–Kier alpha value is -0.870. The van der Waals surface area contributed by atoms with Gasteiger partial charge in [-0.25, -0.2) is 12.7 Å². The van der Waals surface area contributed by atoms with Crippen LogP contribution in [0.2, 0.25) is 0 Å². The second-order valence-electron chi connectivity index (χ2n) is 8.22. The number of aliphatic imine (C=N–C) groups is 1. The van der Waals surface area contributed by atoms with Gasteiger partial charge in [0.25, 0.3) is 0 Å². The molecule has 8 heteroatoms. The van der Waals surface area contributed by atoms with E-state index >= 15 is 0 Å². The standard InChI is InChI=1S/C21H34N4O2S.HI/c1-3-15-28(26,27)25-13-9-19(10-14-25)24-20(22-2)23-17-21(11-12-21)16-18-7-5-4-6-8-18;/h4-8,19H,3,9-17H2,1-2H3,(H2,22,23,24);1H. The van der Waals surface area contributed by atoms with Crippen LogP contribution in [0.15, 0.2) is 35.3 Å². The topological polar surface area (TPSA) is 73.8 Å². The van der Waals surface area contributed by atoms with E-state index in [1.165, 1.54) is 18.4 Å². The fourth-order valence-corrected chi connectivity index (χ4v) is 5.49. The second kappa shape index (κ2) is 10.9. The maximum Gasteiger partial charge on any atom is 0.214 e. The van der Waals surface area contributed by atoms with E-state index in [9.17, 15) is 8.42 Å². The summed E-state index contributed by atoms with van der Waals surface area (Å²) in [6.07, 6.45) is 5.91. The summed E-state index contributed by atoms with van der Waals surface area (Å²) in [4.78, 5) is 4.38. The first-order valence-corrected chi connectivity index (χ1v) is 12.1. The van der Waals surface area contributed by atoms with Crippen molar-refractivity contribution in [2.75, 3.05) is 32.4 Å². The normalized spacial score (nSPS) is 20.0. The highest BCUT2D eigenvalue weighted by molar-refractivity contribution is 14.0. The lowest BCUT2D eigenvalue weighted by atomic mass is 9.96. The Labute approximate surface area is 193 Å². The summed E-state index contributed by atoms with van der Waals surface area (Å²) < 4.78 is 26.1. The van der Waals surface area contributed by atoms with Crippen LogP contribution in [-0.4, -0.2) is 57.2 Å². The van der Waals surface area contributed by atoms with E-state index in [1.54, 1.807) is 11.4 Å². The van der Waals surface area contributed by atoms with Gasteiger partial charge < -0.3 is 10.6 Å². The van der Waals surface area contributed by atoms with Crippen molar-refractivity contribution in [1.82, 2.24) is 14.9 Å². The number of rotatable bonds is 8. The summed E-state index contributed by atoms with van der Waals surface area (Å²) in [7, 11) is -1.28. The number of nitrogens with zero attached hydrogens (tertiary/aromatic N) is 2. The number of guanidine groups is 1. The van der Waals surface area contributed by atoms with Crippen molar-refractivity contribution in [3.63, 3.8) is 0 Å². The minimum atomic E-state index is -3.08. The SMILES string of the molecule is CCCS(=O)(=O)N1CCC(NC(=NC)NCC2(Cc3ccccc3)CC2)CC1.I. The summed E-state index contributed by atoms with van der Waals surface area (Å²) >= 11 is 0. The van der Waals surface area contributed by atoms with Crippen molar-refractivity contribution in [1.29, 1.82) is 0 Å². The van der Waals surface area contributed by atoms with E-state index < -0.39 is 10.0 Å². The molecule has 164 valence electrons. The van der Waals surface area contributed by atoms with Crippen LogP contribution >= 0.6 is 24.0 Å². The van der Waals surface area contributed by atoms with Gasteiger partial charge in [-0.3, -0.25) is 4.99 Å². The molecule has 0 amide bonds. The van der Waals surface area contributed by atoms with E-state index in [0.717, 1.165) is 31.8 Å². The minimum absolute atomic E-state index is 0. The van der Waals surface area contributed by atoms with E-state index in [4.69, 9.17) is 0 Å². The first-order valence-electron chi connectivity index (χ1n) is 10.5. The van der Waals surface area contributed by atoms with Crippen LogP contribution < -0.4 is 10.6 Å². The molecule has 1 aromatic carbocycles. The summed E-state index contributed by atoms with van der Waals surface area (Å²) in [6.45, 7) is 4.01. The second-order valence-corrected chi connectivity index (χ2v) is 10.3. The zero-order valence-corrected chi connectivity index (χ0v) is 20.7. The Morgan fingerprint density at radius 2 is 1.86 bits per heavy atom. The average molecular weight is 535 g/mol. The lowest BCUT2D eigenvalue weighted by Gasteiger charge is -2.32. The number of hydrogen-bond acceptors (Lipinski definition) is 3. The monoisotopic (exact) mass is 534 g/mol. The number of piperidine rings is 1. The molecule has 2 N–H and O–H groups in total. The molecule has 2 aliphatic rings. The molecule has 0 atom stereocenters. The number of hydrogen-bond donors (Lipinski definition) is 2. The molecule has 0 unspecified atom stereocenters. The van der Waals surface area contributed by atoms with Crippen molar-refractivity contribution < 1.29 is 8.42 Å². The predicted octanol–water partition coefficient (Wildman–Crippen LogP) is 3.00. The Balaban J connectivity index is 0.00000300. The molecule has 1 heterocycles. The van der Waals surface area contributed by atoms with Crippen LogP contribution in [0.5, 0.6) is 0 Å². The molecule has 2 fully saturated rings. The minimum Gasteiger partial charge on any atom is -0.356 e. The third kappa shape index (κ3) is 7.10. The fraction of sp³-hybridized carbons (Fsp3) is 0.667. The van der Waals surface area contributed by atoms with Crippen molar-refractivity contribution in [2.45, 2.75) is 51.5 Å². The molecule has 1 saturated carbocycles. The fourth-order valence-electron chi connectivity index (χ4n) is 3.95. The molecular formula is C21H35IN4O2S. The molecule has 1 aromatic rings. The van der Waals surface area contributed by atoms with Crippen molar-refractivity contribution >= 4 is 40.0 Å². The molecular weight excluding hydrogens is 499 g/mol. The van der Waals surface area contributed by atoms with Gasteiger partial charge in [-0.2, -0.15) is 0 Å². The van der Waals surface area contributed by atoms with Crippen molar-refractivity contribution in [2.24, 2.45) is 10.4 Å². The molecule has 1 aliphatic heterocycles. The molecule has 0 aromatic heterocycles. The van der Waals surface area contributed by atoms with E-state index in [-0.39, 0.29) is 35.8 Å². The van der Waals surface area contributed by atoms with Gasteiger partial charge in [0.2, 0.25) is 10.0 Å². The van der Waals surface area contributed by atoms with Gasteiger partial charge >= 0.3 is 0 Å². The first kappa shape index (κ1) is 24.4. The highest BCUT2D eigenvalue weighted by Crippen LogP contribution is 2.47. The highest BCUT2D eigenvalue weighted by atomic mass is 127. The third-order valence-corrected chi connectivity index (χ3v) is 7.96. The molecule has 3 rings (SSSR count). The van der Waals surface area contributed by atoms with Gasteiger partial charge in [0.15, 0.2) is 5.96 Å². The summed E-state index contributed by atoms with van der Waals surface area (Å²) in [5, 5.41) is 7.00. The van der Waals surface area contributed by atoms with Gasteiger partial charge in [0.05, 0.1) is 5.75 Å².